The third-order valence-electron chi connectivity index (χ3n) is 4.82. The quantitative estimate of drug-likeness (QED) is 0.436. The first-order valence-corrected chi connectivity index (χ1v) is 8.98. The number of nitrogens with two attached hydrogens (primary N) is 1. The molecule has 2 aromatic carbocycles. The van der Waals surface area contributed by atoms with Gasteiger partial charge in [-0.05, 0) is 43.5 Å². The molecule has 6 nitrogen and oxygen atoms in total. The summed E-state index contributed by atoms with van der Waals surface area (Å²) in [6.45, 7) is 0.629. The molecule has 2 N–H and O–H groups in total. The second kappa shape index (κ2) is 8.24. The number of nitro groups is 1. The van der Waals surface area contributed by atoms with Gasteiger partial charge in [-0.1, -0.05) is 12.1 Å². The number of piperidine rings is 1. The first-order chi connectivity index (χ1) is 13.7. The Kier molecular flexibility index (Phi) is 5.92. The van der Waals surface area contributed by atoms with Crippen LogP contribution in [-0.2, 0) is 6.18 Å². The SMILES string of the molecule is NC[C@@H]1CCCN(c2c([N+](=O)[O-])ccc(Oc3ccccc3F)c2C(F)(F)F)C1. The van der Waals surface area contributed by atoms with E-state index in [9.17, 15) is 27.7 Å². The van der Waals surface area contributed by atoms with E-state index in [4.69, 9.17) is 10.5 Å². The van der Waals surface area contributed by atoms with Gasteiger partial charge < -0.3 is 15.4 Å². The minimum Gasteiger partial charge on any atom is -0.454 e. The Hall–Kier alpha value is -2.88. The molecule has 1 heterocycles. The lowest BCUT2D eigenvalue weighted by molar-refractivity contribution is -0.384. The number of hydrogen-bond acceptors (Lipinski definition) is 5. The fourth-order valence-corrected chi connectivity index (χ4v) is 3.49. The van der Waals surface area contributed by atoms with Gasteiger partial charge in [0, 0.05) is 19.2 Å². The van der Waals surface area contributed by atoms with E-state index in [1.165, 1.54) is 23.1 Å². The lowest BCUT2D eigenvalue weighted by atomic mass is 9.96. The molecule has 1 atom stereocenters. The maximum Gasteiger partial charge on any atom is 0.422 e. The summed E-state index contributed by atoms with van der Waals surface area (Å²) in [7, 11) is 0. The van der Waals surface area contributed by atoms with Gasteiger partial charge in [0.2, 0.25) is 0 Å². The van der Waals surface area contributed by atoms with Gasteiger partial charge in [-0.15, -0.1) is 0 Å². The first kappa shape index (κ1) is 20.8. The number of benzene rings is 2. The number of para-hydroxylation sites is 1. The monoisotopic (exact) mass is 413 g/mol. The largest absolute Gasteiger partial charge is 0.454 e. The second-order valence-electron chi connectivity index (χ2n) is 6.78. The summed E-state index contributed by atoms with van der Waals surface area (Å²) < 4.78 is 61.3. The van der Waals surface area contributed by atoms with Gasteiger partial charge in [0.25, 0.3) is 5.69 Å². The molecule has 0 aliphatic carbocycles. The predicted octanol–water partition coefficient (Wildman–Crippen LogP) is 4.72. The van der Waals surface area contributed by atoms with Crippen LogP contribution in [0.15, 0.2) is 36.4 Å². The molecule has 3 rings (SSSR count). The van der Waals surface area contributed by atoms with Crippen LogP contribution in [0.4, 0.5) is 28.9 Å². The van der Waals surface area contributed by atoms with Crippen LogP contribution >= 0.6 is 0 Å². The summed E-state index contributed by atoms with van der Waals surface area (Å²) in [6, 6.07) is 6.81. The van der Waals surface area contributed by atoms with E-state index in [0.717, 1.165) is 24.6 Å². The molecule has 10 heteroatoms. The van der Waals surface area contributed by atoms with Gasteiger partial charge in [0.1, 0.15) is 17.0 Å². The Bertz CT molecular complexity index is 905. The average Bonchev–Trinajstić information content (AvgIpc) is 2.68. The standard InChI is InChI=1S/C19H19F4N3O3/c20-13-5-1-2-6-15(13)29-16-8-7-14(26(27)28)18(17(16)19(21,22)23)25-9-3-4-12(10-24)11-25/h1-2,5-8,12H,3-4,9-11,24H2/t12-/m0/s1. The van der Waals surface area contributed by atoms with Gasteiger partial charge in [-0.3, -0.25) is 10.1 Å². The molecule has 1 aliphatic heterocycles. The number of ether oxygens (including phenoxy) is 1. The van der Waals surface area contributed by atoms with Crippen molar-refractivity contribution in [1.29, 1.82) is 0 Å². The van der Waals surface area contributed by atoms with Crippen LogP contribution in [0.1, 0.15) is 18.4 Å². The van der Waals surface area contributed by atoms with Gasteiger partial charge in [-0.25, -0.2) is 4.39 Å². The summed E-state index contributed by atoms with van der Waals surface area (Å²) in [4.78, 5) is 12.0. The van der Waals surface area contributed by atoms with Gasteiger partial charge in [0.05, 0.1) is 4.92 Å². The van der Waals surface area contributed by atoms with E-state index >= 15 is 0 Å². The summed E-state index contributed by atoms with van der Waals surface area (Å²) in [5.74, 6) is -2.03. The molecular weight excluding hydrogens is 394 g/mol. The fraction of sp³-hybridized carbons (Fsp3) is 0.368. The van der Waals surface area contributed by atoms with Crippen LogP contribution in [-0.4, -0.2) is 24.6 Å². The van der Waals surface area contributed by atoms with E-state index in [1.807, 2.05) is 0 Å². The fourth-order valence-electron chi connectivity index (χ4n) is 3.49. The Balaban J connectivity index is 2.18. The van der Waals surface area contributed by atoms with Crippen LogP contribution in [0.25, 0.3) is 0 Å². The van der Waals surface area contributed by atoms with Crippen molar-refractivity contribution in [2.45, 2.75) is 19.0 Å². The van der Waals surface area contributed by atoms with E-state index < -0.39 is 45.4 Å². The van der Waals surface area contributed by atoms with E-state index in [1.54, 1.807) is 0 Å². The zero-order valence-electron chi connectivity index (χ0n) is 15.3. The number of hydrogen-bond donors (Lipinski definition) is 1. The number of nitrogens with zero attached hydrogens (tertiary/aromatic N) is 2. The van der Waals surface area contributed by atoms with Crippen molar-refractivity contribution in [3.8, 4) is 11.5 Å². The highest BCUT2D eigenvalue weighted by atomic mass is 19.4. The molecule has 29 heavy (non-hydrogen) atoms. The Morgan fingerprint density at radius 2 is 1.93 bits per heavy atom. The first-order valence-electron chi connectivity index (χ1n) is 8.98. The molecule has 0 aromatic heterocycles. The third kappa shape index (κ3) is 4.42. The van der Waals surface area contributed by atoms with E-state index in [0.29, 0.717) is 6.42 Å². The van der Waals surface area contributed by atoms with Crippen molar-refractivity contribution in [1.82, 2.24) is 0 Å². The van der Waals surface area contributed by atoms with Crippen molar-refractivity contribution >= 4 is 11.4 Å². The summed E-state index contributed by atoms with van der Waals surface area (Å²) in [5, 5.41) is 11.5. The molecule has 0 bridgehead atoms. The van der Waals surface area contributed by atoms with Crippen LogP contribution in [0.5, 0.6) is 11.5 Å². The summed E-state index contributed by atoms with van der Waals surface area (Å²) >= 11 is 0. The van der Waals surface area contributed by atoms with Crippen molar-refractivity contribution in [2.24, 2.45) is 11.7 Å². The van der Waals surface area contributed by atoms with E-state index in [-0.39, 0.29) is 25.6 Å². The minimum absolute atomic E-state index is 0.0828. The predicted molar refractivity (Wildman–Crippen MR) is 98.6 cm³/mol. The molecule has 1 fully saturated rings. The average molecular weight is 413 g/mol. The normalized spacial score (nSPS) is 17.3. The van der Waals surface area contributed by atoms with Crippen molar-refractivity contribution in [3.05, 3.63) is 57.9 Å². The topological polar surface area (TPSA) is 81.6 Å². The molecule has 0 amide bonds. The van der Waals surface area contributed by atoms with Gasteiger partial charge >= 0.3 is 6.18 Å². The smallest absolute Gasteiger partial charge is 0.422 e. The molecular formula is C19H19F4N3O3. The Morgan fingerprint density at radius 1 is 1.21 bits per heavy atom. The van der Waals surface area contributed by atoms with Gasteiger partial charge in [-0.2, -0.15) is 13.2 Å². The van der Waals surface area contributed by atoms with Crippen LogP contribution in [0, 0.1) is 21.8 Å². The number of rotatable bonds is 5. The lowest BCUT2D eigenvalue weighted by Gasteiger charge is -2.35. The van der Waals surface area contributed by atoms with Crippen molar-refractivity contribution in [3.63, 3.8) is 0 Å². The summed E-state index contributed by atoms with van der Waals surface area (Å²) in [6.07, 6.45) is -3.68. The van der Waals surface area contributed by atoms with Crippen LogP contribution < -0.4 is 15.4 Å². The molecule has 1 aliphatic rings. The molecule has 0 unspecified atom stereocenters. The zero-order valence-corrected chi connectivity index (χ0v) is 15.3. The molecule has 0 saturated carbocycles. The number of nitro benzene ring substituents is 1. The lowest BCUT2D eigenvalue weighted by Crippen LogP contribution is -2.39. The minimum atomic E-state index is -4.96. The Labute approximate surface area is 164 Å². The van der Waals surface area contributed by atoms with E-state index in [2.05, 4.69) is 0 Å². The maximum atomic E-state index is 14.0. The van der Waals surface area contributed by atoms with Gasteiger partial charge in [0.15, 0.2) is 11.6 Å². The molecule has 2 aromatic rings. The van der Waals surface area contributed by atoms with Crippen molar-refractivity contribution < 1.29 is 27.2 Å². The van der Waals surface area contributed by atoms with Crippen LogP contribution in [0.3, 0.4) is 0 Å². The molecule has 0 radical (unpaired) electrons. The van der Waals surface area contributed by atoms with Crippen LogP contribution in [0.2, 0.25) is 0 Å². The maximum absolute atomic E-state index is 14.0. The molecule has 156 valence electrons. The zero-order chi connectivity index (χ0) is 21.2. The third-order valence-corrected chi connectivity index (χ3v) is 4.82. The number of anilines is 1. The van der Waals surface area contributed by atoms with Crippen molar-refractivity contribution in [2.75, 3.05) is 24.5 Å². The highest BCUT2D eigenvalue weighted by Crippen LogP contribution is 2.49. The highest BCUT2D eigenvalue weighted by molar-refractivity contribution is 5.73. The highest BCUT2D eigenvalue weighted by Gasteiger charge is 2.43. The second-order valence-corrected chi connectivity index (χ2v) is 6.78. The number of alkyl halides is 3. The number of halogens is 4. The molecule has 0 spiro atoms. The Morgan fingerprint density at radius 3 is 2.55 bits per heavy atom. The summed E-state index contributed by atoms with van der Waals surface area (Å²) in [5.41, 5.74) is 3.11. The molecule has 1 saturated heterocycles.